The number of nitrogen functional groups attached to an aromatic ring is 1. The van der Waals surface area contributed by atoms with Crippen molar-refractivity contribution in [1.29, 1.82) is 0 Å². The van der Waals surface area contributed by atoms with Crippen LogP contribution in [0, 0.1) is 23.7 Å². The van der Waals surface area contributed by atoms with E-state index in [4.69, 9.17) is 11.5 Å². The number of carbonyl (C=O) groups excluding carboxylic acids is 5. The number of carbonyl (C=O) groups is 5. The first-order valence-corrected chi connectivity index (χ1v) is 11.2. The van der Waals surface area contributed by atoms with Gasteiger partial charge in [-0.05, 0) is 56.0 Å². The highest BCUT2D eigenvalue weighted by molar-refractivity contribution is 6.32. The van der Waals surface area contributed by atoms with Crippen molar-refractivity contribution >= 4 is 34.7 Å². The van der Waals surface area contributed by atoms with Crippen LogP contribution in [0.1, 0.15) is 47.7 Å². The third-order valence-corrected chi connectivity index (χ3v) is 7.75. The second-order valence-corrected chi connectivity index (χ2v) is 10.2. The summed E-state index contributed by atoms with van der Waals surface area (Å²) >= 11 is 0. The van der Waals surface area contributed by atoms with Crippen LogP contribution in [-0.4, -0.2) is 69.9 Å². The van der Waals surface area contributed by atoms with Crippen LogP contribution in [0.25, 0.3) is 0 Å². The minimum Gasteiger partial charge on any atom is -0.505 e. The van der Waals surface area contributed by atoms with Crippen LogP contribution in [0.4, 0.5) is 5.69 Å². The molecule has 0 aliphatic heterocycles. The van der Waals surface area contributed by atoms with E-state index >= 15 is 0 Å². The van der Waals surface area contributed by atoms with Gasteiger partial charge in [-0.2, -0.15) is 0 Å². The number of phenols is 1. The Kier molecular flexibility index (Phi) is 5.45. The van der Waals surface area contributed by atoms with Crippen molar-refractivity contribution in [2.45, 2.75) is 44.2 Å². The number of ketones is 4. The number of phenolic OH excluding ortho intramolecular Hbond substituents is 1. The third kappa shape index (κ3) is 2.98. The summed E-state index contributed by atoms with van der Waals surface area (Å²) in [6.45, 7) is 3.83. The van der Waals surface area contributed by atoms with Gasteiger partial charge in [0.25, 0.3) is 0 Å². The van der Waals surface area contributed by atoms with Crippen LogP contribution in [-0.2, 0) is 25.6 Å². The van der Waals surface area contributed by atoms with Gasteiger partial charge in [-0.1, -0.05) is 13.8 Å². The lowest BCUT2D eigenvalue weighted by Crippen LogP contribution is -2.74. The van der Waals surface area contributed by atoms with Crippen LogP contribution < -0.4 is 11.5 Å². The molecule has 1 aromatic rings. The molecule has 3 aliphatic carbocycles. The molecule has 1 aromatic carbocycles. The number of primary amides is 1. The van der Waals surface area contributed by atoms with Crippen molar-refractivity contribution in [1.82, 2.24) is 4.90 Å². The molecular formula is C24H29N3O7. The number of benzene rings is 1. The number of hydrogen-bond donors (Lipinski definition) is 4. The number of aliphatic hydroxyl groups is 1. The molecule has 0 bridgehead atoms. The molecule has 0 aromatic heterocycles. The Hall–Kier alpha value is -3.11. The summed E-state index contributed by atoms with van der Waals surface area (Å²) < 4.78 is 0. The van der Waals surface area contributed by atoms with E-state index < -0.39 is 70.1 Å². The van der Waals surface area contributed by atoms with E-state index in [1.54, 1.807) is 20.2 Å². The number of fused-ring (bicyclic) bond motifs is 3. The summed E-state index contributed by atoms with van der Waals surface area (Å²) in [5, 5.41) is 22.1. The maximum atomic E-state index is 13.7. The molecule has 0 radical (unpaired) electrons. The van der Waals surface area contributed by atoms with Crippen molar-refractivity contribution < 1.29 is 34.2 Å². The van der Waals surface area contributed by atoms with Gasteiger partial charge in [0.2, 0.25) is 5.91 Å². The van der Waals surface area contributed by atoms with Gasteiger partial charge in [0.05, 0.1) is 23.2 Å². The monoisotopic (exact) mass is 471 g/mol. The summed E-state index contributed by atoms with van der Waals surface area (Å²) in [6, 6.07) is 0.493. The Morgan fingerprint density at radius 3 is 2.32 bits per heavy atom. The fraction of sp³-hybridized carbons (Fsp3) is 0.542. The molecule has 34 heavy (non-hydrogen) atoms. The number of Topliss-reactive ketones (excluding diaryl/α,β-unsaturated/α-hetero) is 4. The largest absolute Gasteiger partial charge is 0.505 e. The normalized spacial score (nSPS) is 33.1. The smallest absolute Gasteiger partial charge is 0.235 e. The number of hydrogen-bond acceptors (Lipinski definition) is 9. The Morgan fingerprint density at radius 1 is 1.18 bits per heavy atom. The summed E-state index contributed by atoms with van der Waals surface area (Å²) in [4.78, 5) is 67.0. The summed E-state index contributed by atoms with van der Waals surface area (Å²) in [5.74, 6) is -10.7. The number of rotatable bonds is 3. The Morgan fingerprint density at radius 2 is 1.79 bits per heavy atom. The minimum absolute atomic E-state index is 0.00472. The number of aromatic hydroxyl groups is 1. The predicted octanol–water partition coefficient (Wildman–Crippen LogP) is -0.427. The van der Waals surface area contributed by atoms with Crippen molar-refractivity contribution in [2.24, 2.45) is 29.4 Å². The lowest BCUT2D eigenvalue weighted by molar-refractivity contribution is -0.181. The third-order valence-electron chi connectivity index (χ3n) is 7.75. The van der Waals surface area contributed by atoms with E-state index in [2.05, 4.69) is 0 Å². The molecule has 2 saturated carbocycles. The lowest BCUT2D eigenvalue weighted by atomic mass is 9.52. The number of nitrogens with two attached hydrogens (primary N) is 2. The fourth-order valence-corrected chi connectivity index (χ4v) is 6.24. The van der Waals surface area contributed by atoms with Gasteiger partial charge >= 0.3 is 0 Å². The van der Waals surface area contributed by atoms with Crippen LogP contribution >= 0.6 is 0 Å². The second kappa shape index (κ2) is 7.71. The molecule has 6 N–H and O–H groups in total. The maximum absolute atomic E-state index is 13.7. The summed E-state index contributed by atoms with van der Waals surface area (Å²) in [7, 11) is 3.10. The van der Waals surface area contributed by atoms with Gasteiger partial charge in [0.1, 0.15) is 5.75 Å². The van der Waals surface area contributed by atoms with E-state index in [-0.39, 0.29) is 30.0 Å². The molecule has 0 spiro atoms. The first-order valence-electron chi connectivity index (χ1n) is 11.2. The van der Waals surface area contributed by atoms with Gasteiger partial charge in [-0.25, -0.2) is 0 Å². The number of amides is 1. The van der Waals surface area contributed by atoms with Crippen molar-refractivity contribution in [3.63, 3.8) is 0 Å². The van der Waals surface area contributed by atoms with E-state index in [1.807, 2.05) is 13.8 Å². The zero-order valence-corrected chi connectivity index (χ0v) is 19.5. The highest BCUT2D eigenvalue weighted by Gasteiger charge is 2.69. The molecule has 1 amide bonds. The number of nitrogens with zero attached hydrogens (tertiary/aromatic N) is 1. The molecule has 6 atom stereocenters. The average molecular weight is 472 g/mol. The summed E-state index contributed by atoms with van der Waals surface area (Å²) in [5.41, 5.74) is 9.78. The molecule has 3 unspecified atom stereocenters. The van der Waals surface area contributed by atoms with E-state index in [0.29, 0.717) is 5.56 Å². The molecule has 2 fully saturated rings. The SMILES string of the molecule is CC(C)c1cc(N)c(O)c2c1C[C@H]1C[C@H]3C(N(C)C)C(=O)C(C(N)=O)C(=O)[C@@]3(O)C(=O)C1C2=O. The Balaban J connectivity index is 1.91. The molecule has 4 rings (SSSR count). The molecule has 3 aliphatic rings. The first kappa shape index (κ1) is 24.0. The highest BCUT2D eigenvalue weighted by Crippen LogP contribution is 2.52. The van der Waals surface area contributed by atoms with Crippen molar-refractivity contribution in [2.75, 3.05) is 19.8 Å². The van der Waals surface area contributed by atoms with E-state index in [9.17, 15) is 34.2 Å². The van der Waals surface area contributed by atoms with Gasteiger partial charge in [-0.15, -0.1) is 0 Å². The Bertz CT molecular complexity index is 1160. The maximum Gasteiger partial charge on any atom is 0.235 e. The molecule has 0 saturated heterocycles. The molecule has 10 nitrogen and oxygen atoms in total. The van der Waals surface area contributed by atoms with Crippen LogP contribution in [0.15, 0.2) is 6.07 Å². The zero-order chi connectivity index (χ0) is 25.4. The fourth-order valence-electron chi connectivity index (χ4n) is 6.24. The van der Waals surface area contributed by atoms with Gasteiger partial charge in [0, 0.05) is 5.92 Å². The molecular weight excluding hydrogens is 442 g/mol. The number of anilines is 1. The molecule has 10 heteroatoms. The predicted molar refractivity (Wildman–Crippen MR) is 120 cm³/mol. The van der Waals surface area contributed by atoms with Gasteiger partial charge in [-0.3, -0.25) is 28.9 Å². The van der Waals surface area contributed by atoms with Crippen molar-refractivity contribution in [3.05, 3.63) is 22.8 Å². The zero-order valence-electron chi connectivity index (χ0n) is 19.5. The number of likely N-dealkylation sites (N-methyl/N-ethyl adjacent to an activating group) is 1. The first-order chi connectivity index (χ1) is 15.7. The average Bonchev–Trinajstić information content (AvgIpc) is 2.72. The van der Waals surface area contributed by atoms with Crippen LogP contribution in [0.2, 0.25) is 0 Å². The molecule has 0 heterocycles. The van der Waals surface area contributed by atoms with Gasteiger partial charge < -0.3 is 21.7 Å². The van der Waals surface area contributed by atoms with Crippen LogP contribution in [0.3, 0.4) is 0 Å². The topological polar surface area (TPSA) is 181 Å². The van der Waals surface area contributed by atoms with Crippen molar-refractivity contribution in [3.8, 4) is 5.75 Å². The van der Waals surface area contributed by atoms with E-state index in [0.717, 1.165) is 5.56 Å². The Labute approximate surface area is 196 Å². The molecule has 182 valence electrons. The minimum atomic E-state index is -2.73. The van der Waals surface area contributed by atoms with E-state index in [1.165, 1.54) is 4.90 Å². The van der Waals surface area contributed by atoms with Gasteiger partial charge in [0.15, 0.2) is 34.7 Å². The lowest BCUT2D eigenvalue weighted by Gasteiger charge is -2.52. The summed E-state index contributed by atoms with van der Waals surface area (Å²) in [6.07, 6.45) is 0.250. The van der Waals surface area contributed by atoms with Crippen LogP contribution in [0.5, 0.6) is 5.75 Å². The quantitative estimate of drug-likeness (QED) is 0.258. The highest BCUT2D eigenvalue weighted by atomic mass is 16.3. The second-order valence-electron chi connectivity index (χ2n) is 10.2. The standard InChI is InChI=1S/C24H29N3O7/c1-8(2)10-7-13(25)18(28)15-11(10)5-9-6-12-17(27(3)4)20(30)16(23(26)33)22(32)24(12,34)21(31)14(9)19(15)29/h7-9,12,14,16-17,28,34H,5-6,25H2,1-4H3,(H2,26,33)/t9-,12-,14?,16?,17?,24-/m0/s1.